The van der Waals surface area contributed by atoms with E-state index in [2.05, 4.69) is 28.8 Å². The van der Waals surface area contributed by atoms with Crippen LogP contribution in [0.2, 0.25) is 0 Å². The highest BCUT2D eigenvalue weighted by molar-refractivity contribution is 5.91. The molecule has 3 aromatic carbocycles. The Bertz CT molecular complexity index is 1490. The van der Waals surface area contributed by atoms with Gasteiger partial charge in [-0.05, 0) is 23.8 Å². The monoisotopic (exact) mass is 528 g/mol. The smallest absolute Gasteiger partial charge is 0.213 e. The molecule has 0 spiro atoms. The summed E-state index contributed by atoms with van der Waals surface area (Å²) in [5, 5.41) is 1.11. The van der Waals surface area contributed by atoms with Gasteiger partial charge in [0, 0.05) is 42.5 Å². The van der Waals surface area contributed by atoms with Gasteiger partial charge in [0.2, 0.25) is 11.2 Å². The summed E-state index contributed by atoms with van der Waals surface area (Å²) >= 11 is 0. The normalized spacial score (nSPS) is 11.3. The number of ether oxygens (including phenoxy) is 6. The van der Waals surface area contributed by atoms with Crippen LogP contribution in [0.4, 0.5) is 0 Å². The SMILES string of the molecule is COc1cc(OC)c(/C=C\c2cc(/C=C/c3c(OC)cc(OC)cc3OC)c3ccccc3[n+]2C)c(OC)c1. The number of benzene rings is 3. The Morgan fingerprint density at radius 2 is 1.00 bits per heavy atom. The van der Waals surface area contributed by atoms with Crippen LogP contribution in [0.5, 0.6) is 34.5 Å². The van der Waals surface area contributed by atoms with Crippen LogP contribution >= 0.6 is 0 Å². The fraction of sp³-hybridized carbons (Fsp3) is 0.219. The molecular formula is C32H34NO6+. The van der Waals surface area contributed by atoms with E-state index in [1.807, 2.05) is 61.7 Å². The maximum Gasteiger partial charge on any atom is 0.213 e. The molecule has 7 nitrogen and oxygen atoms in total. The summed E-state index contributed by atoms with van der Waals surface area (Å²) in [5.41, 5.74) is 4.75. The summed E-state index contributed by atoms with van der Waals surface area (Å²) in [7, 11) is 11.8. The van der Waals surface area contributed by atoms with Crippen LogP contribution in [0.15, 0.2) is 54.6 Å². The molecule has 0 aliphatic rings. The molecule has 7 heteroatoms. The predicted molar refractivity (Wildman–Crippen MR) is 155 cm³/mol. The quantitative estimate of drug-likeness (QED) is 0.233. The lowest BCUT2D eigenvalue weighted by molar-refractivity contribution is -0.646. The van der Waals surface area contributed by atoms with E-state index in [1.54, 1.807) is 42.7 Å². The maximum atomic E-state index is 5.64. The van der Waals surface area contributed by atoms with Gasteiger partial charge in [0.25, 0.3) is 0 Å². The van der Waals surface area contributed by atoms with Gasteiger partial charge in [-0.1, -0.05) is 18.2 Å². The summed E-state index contributed by atoms with van der Waals surface area (Å²) < 4.78 is 35.5. The number of methoxy groups -OCH3 is 6. The topological polar surface area (TPSA) is 59.3 Å². The molecular weight excluding hydrogens is 494 g/mol. The first-order chi connectivity index (χ1) is 19.0. The number of aromatic nitrogens is 1. The average Bonchev–Trinajstić information content (AvgIpc) is 2.99. The molecule has 0 radical (unpaired) electrons. The third kappa shape index (κ3) is 5.62. The minimum atomic E-state index is 0.657. The van der Waals surface area contributed by atoms with Crippen molar-refractivity contribution in [1.82, 2.24) is 0 Å². The molecule has 202 valence electrons. The van der Waals surface area contributed by atoms with Gasteiger partial charge in [0.05, 0.1) is 59.2 Å². The molecule has 0 aliphatic heterocycles. The Labute approximate surface area is 229 Å². The lowest BCUT2D eigenvalue weighted by Gasteiger charge is -2.13. The van der Waals surface area contributed by atoms with Gasteiger partial charge >= 0.3 is 0 Å². The molecule has 0 fully saturated rings. The number of rotatable bonds is 10. The molecule has 0 amide bonds. The van der Waals surface area contributed by atoms with Crippen molar-refractivity contribution in [3.8, 4) is 34.5 Å². The van der Waals surface area contributed by atoms with Crippen molar-refractivity contribution in [2.45, 2.75) is 0 Å². The van der Waals surface area contributed by atoms with Crippen LogP contribution in [0, 0.1) is 0 Å². The van der Waals surface area contributed by atoms with E-state index >= 15 is 0 Å². The van der Waals surface area contributed by atoms with Gasteiger partial charge in [0.15, 0.2) is 0 Å². The summed E-state index contributed by atoms with van der Waals surface area (Å²) in [5.74, 6) is 3.96. The highest BCUT2D eigenvalue weighted by Crippen LogP contribution is 2.37. The third-order valence-corrected chi connectivity index (χ3v) is 6.62. The molecule has 4 aromatic rings. The zero-order valence-electron chi connectivity index (χ0n) is 23.4. The van der Waals surface area contributed by atoms with E-state index in [0.29, 0.717) is 34.5 Å². The standard InChI is InChI=1S/C32H34NO6/c1-33-22(13-15-27-31(38-6)19-24(35-3)20-32(27)39-7)16-21(25-10-8-9-11-28(25)33)12-14-26-29(36-4)17-23(34-2)18-30(26)37-5/h8-20H,1-7H3/q+1/b14-12+,15-13-. The van der Waals surface area contributed by atoms with Crippen LogP contribution in [-0.4, -0.2) is 42.7 Å². The number of nitrogens with zero attached hydrogens (tertiary/aromatic N) is 1. The van der Waals surface area contributed by atoms with E-state index < -0.39 is 0 Å². The number of hydrogen-bond donors (Lipinski definition) is 0. The Morgan fingerprint density at radius 1 is 0.538 bits per heavy atom. The second-order valence-electron chi connectivity index (χ2n) is 8.66. The fourth-order valence-corrected chi connectivity index (χ4v) is 4.52. The van der Waals surface area contributed by atoms with Crippen LogP contribution < -0.4 is 33.0 Å². The molecule has 0 atom stereocenters. The van der Waals surface area contributed by atoms with Gasteiger partial charge in [-0.2, -0.15) is 4.57 Å². The van der Waals surface area contributed by atoms with Gasteiger partial charge in [-0.3, -0.25) is 0 Å². The molecule has 39 heavy (non-hydrogen) atoms. The predicted octanol–water partition coefficient (Wildman–Crippen LogP) is 6.06. The van der Waals surface area contributed by atoms with Gasteiger partial charge in [-0.15, -0.1) is 0 Å². The van der Waals surface area contributed by atoms with Crippen molar-refractivity contribution in [2.24, 2.45) is 7.05 Å². The van der Waals surface area contributed by atoms with Crippen molar-refractivity contribution in [3.05, 3.63) is 77.0 Å². The van der Waals surface area contributed by atoms with Crippen molar-refractivity contribution < 1.29 is 33.0 Å². The second-order valence-corrected chi connectivity index (χ2v) is 8.66. The minimum absolute atomic E-state index is 0.657. The van der Waals surface area contributed by atoms with E-state index in [9.17, 15) is 0 Å². The molecule has 0 aliphatic carbocycles. The lowest BCUT2D eigenvalue weighted by Crippen LogP contribution is -2.33. The summed E-state index contributed by atoms with van der Waals surface area (Å²) in [6.07, 6.45) is 8.11. The van der Waals surface area contributed by atoms with Crippen LogP contribution in [0.1, 0.15) is 22.4 Å². The van der Waals surface area contributed by atoms with Crippen LogP contribution in [0.3, 0.4) is 0 Å². The number of para-hydroxylation sites is 1. The van der Waals surface area contributed by atoms with Crippen LogP contribution in [-0.2, 0) is 7.05 Å². The van der Waals surface area contributed by atoms with E-state index in [1.165, 1.54) is 0 Å². The molecule has 1 aromatic heterocycles. The third-order valence-electron chi connectivity index (χ3n) is 6.62. The van der Waals surface area contributed by atoms with E-state index in [-0.39, 0.29) is 0 Å². The highest BCUT2D eigenvalue weighted by atomic mass is 16.5. The minimum Gasteiger partial charge on any atom is -0.496 e. The number of aryl methyl sites for hydroxylation is 1. The zero-order valence-corrected chi connectivity index (χ0v) is 23.4. The Hall–Kier alpha value is -4.65. The first-order valence-electron chi connectivity index (χ1n) is 12.4. The molecule has 0 saturated heterocycles. The van der Waals surface area contributed by atoms with Crippen molar-refractivity contribution in [1.29, 1.82) is 0 Å². The van der Waals surface area contributed by atoms with E-state index in [0.717, 1.165) is 33.3 Å². The Morgan fingerprint density at radius 3 is 1.46 bits per heavy atom. The molecule has 0 bridgehead atoms. The molecule has 0 N–H and O–H groups in total. The number of fused-ring (bicyclic) bond motifs is 1. The summed E-state index contributed by atoms with van der Waals surface area (Å²) in [6.45, 7) is 0. The van der Waals surface area contributed by atoms with Crippen molar-refractivity contribution in [3.63, 3.8) is 0 Å². The van der Waals surface area contributed by atoms with Crippen LogP contribution in [0.25, 0.3) is 35.2 Å². The molecule has 0 saturated carbocycles. The first kappa shape index (κ1) is 27.4. The first-order valence-corrected chi connectivity index (χ1v) is 12.4. The molecule has 0 unspecified atom stereocenters. The van der Waals surface area contributed by atoms with E-state index in [4.69, 9.17) is 28.4 Å². The van der Waals surface area contributed by atoms with Gasteiger partial charge in [-0.25, -0.2) is 0 Å². The highest BCUT2D eigenvalue weighted by Gasteiger charge is 2.16. The zero-order chi connectivity index (χ0) is 27.9. The van der Waals surface area contributed by atoms with Crippen molar-refractivity contribution in [2.75, 3.05) is 42.7 Å². The summed E-state index contributed by atoms with van der Waals surface area (Å²) in [4.78, 5) is 0. The van der Waals surface area contributed by atoms with Gasteiger partial charge in [0.1, 0.15) is 41.5 Å². The fourth-order valence-electron chi connectivity index (χ4n) is 4.52. The summed E-state index contributed by atoms with van der Waals surface area (Å²) in [6, 6.07) is 17.8. The second kappa shape index (κ2) is 12.3. The Kier molecular flexibility index (Phi) is 8.61. The molecule has 1 heterocycles. The largest absolute Gasteiger partial charge is 0.496 e. The van der Waals surface area contributed by atoms with Gasteiger partial charge < -0.3 is 28.4 Å². The van der Waals surface area contributed by atoms with Crippen molar-refractivity contribution >= 4 is 35.2 Å². The number of hydrogen-bond acceptors (Lipinski definition) is 6. The lowest BCUT2D eigenvalue weighted by atomic mass is 10.0. The average molecular weight is 529 g/mol. The maximum absolute atomic E-state index is 5.64. The number of pyridine rings is 1. The molecule has 4 rings (SSSR count). The Balaban J connectivity index is 1.85.